The van der Waals surface area contributed by atoms with E-state index >= 15 is 0 Å². The average molecular weight is 513 g/mol. The lowest BCUT2D eigenvalue weighted by atomic mass is 9.68. The Morgan fingerprint density at radius 3 is 2.24 bits per heavy atom. The molecule has 0 unspecified atom stereocenters. The summed E-state index contributed by atoms with van der Waals surface area (Å²) in [7, 11) is 0. The number of nitrogens with zero attached hydrogens (tertiary/aromatic N) is 6. The number of rotatable bonds is 4. The van der Waals surface area contributed by atoms with Gasteiger partial charge in [-0.2, -0.15) is 0 Å². The number of hydrogen-bond acceptors (Lipinski definition) is 5. The molecule has 3 aliphatic rings. The Morgan fingerprint density at radius 2 is 1.59 bits per heavy atom. The van der Waals surface area contributed by atoms with Crippen molar-refractivity contribution < 1.29 is 0 Å². The van der Waals surface area contributed by atoms with Gasteiger partial charge in [0.05, 0.1) is 6.54 Å². The molecule has 3 heterocycles. The largest absolute Gasteiger partial charge is 0.370 e. The molecule has 8 heteroatoms. The highest BCUT2D eigenvalue weighted by Gasteiger charge is 2.35. The number of aliphatic imine (C=N–C) groups is 1. The Kier molecular flexibility index (Phi) is 8.35. The van der Waals surface area contributed by atoms with Crippen molar-refractivity contribution in [2.45, 2.75) is 44.9 Å². The first kappa shape index (κ1) is 22.5. The third-order valence-corrected chi connectivity index (χ3v) is 6.96. The van der Waals surface area contributed by atoms with Crippen LogP contribution >= 0.6 is 24.0 Å². The highest BCUT2D eigenvalue weighted by atomic mass is 127. The van der Waals surface area contributed by atoms with Gasteiger partial charge < -0.3 is 20.4 Å². The van der Waals surface area contributed by atoms with Crippen molar-refractivity contribution in [3.8, 4) is 0 Å². The molecule has 1 aromatic rings. The SMILES string of the molecule is I.NC(=NCCN1CCC2(CCCCC2)CC1)N1CCN(c2ncccn2)CC1. The molecule has 2 N–H and O–H groups in total. The van der Waals surface area contributed by atoms with E-state index in [0.29, 0.717) is 11.4 Å². The maximum absolute atomic E-state index is 6.27. The van der Waals surface area contributed by atoms with Crippen LogP contribution in [0.1, 0.15) is 44.9 Å². The van der Waals surface area contributed by atoms with Crippen LogP contribution in [0.4, 0.5) is 5.95 Å². The van der Waals surface area contributed by atoms with Crippen LogP contribution in [-0.2, 0) is 0 Å². The summed E-state index contributed by atoms with van der Waals surface area (Å²) in [4.78, 5) is 20.3. The minimum Gasteiger partial charge on any atom is -0.370 e. The van der Waals surface area contributed by atoms with Crippen molar-refractivity contribution in [2.24, 2.45) is 16.1 Å². The number of hydrogen-bond donors (Lipinski definition) is 1. The van der Waals surface area contributed by atoms with E-state index in [-0.39, 0.29) is 24.0 Å². The predicted octanol–water partition coefficient (Wildman–Crippen LogP) is 2.58. The second-order valence-corrected chi connectivity index (χ2v) is 8.67. The van der Waals surface area contributed by atoms with Gasteiger partial charge in [0.25, 0.3) is 0 Å². The third-order valence-electron chi connectivity index (χ3n) is 6.96. The molecule has 1 aromatic heterocycles. The van der Waals surface area contributed by atoms with Gasteiger partial charge in [-0.25, -0.2) is 9.97 Å². The van der Waals surface area contributed by atoms with Gasteiger partial charge in [-0.3, -0.25) is 4.99 Å². The lowest BCUT2D eigenvalue weighted by Gasteiger charge is -2.44. The monoisotopic (exact) mass is 513 g/mol. The van der Waals surface area contributed by atoms with Gasteiger partial charge in [-0.05, 0) is 50.3 Å². The molecule has 2 saturated heterocycles. The third kappa shape index (κ3) is 5.93. The zero-order chi connectivity index (χ0) is 19.2. The lowest BCUT2D eigenvalue weighted by molar-refractivity contribution is 0.0695. The fourth-order valence-corrected chi connectivity index (χ4v) is 5.05. The Morgan fingerprint density at radius 1 is 0.931 bits per heavy atom. The molecule has 0 atom stereocenters. The number of halogens is 1. The van der Waals surface area contributed by atoms with Crippen molar-refractivity contribution >= 4 is 35.9 Å². The molecule has 162 valence electrons. The minimum atomic E-state index is 0. The summed E-state index contributed by atoms with van der Waals surface area (Å²) in [5.41, 5.74) is 6.95. The Labute approximate surface area is 192 Å². The molecule has 1 aliphatic carbocycles. The second kappa shape index (κ2) is 10.7. The van der Waals surface area contributed by atoms with Crippen LogP contribution in [-0.4, -0.2) is 78.1 Å². The van der Waals surface area contributed by atoms with Crippen molar-refractivity contribution in [3.05, 3.63) is 18.5 Å². The van der Waals surface area contributed by atoms with E-state index in [0.717, 1.165) is 45.2 Å². The zero-order valence-electron chi connectivity index (χ0n) is 17.5. The molecule has 2 aliphatic heterocycles. The summed E-state index contributed by atoms with van der Waals surface area (Å²) in [6.07, 6.45) is 13.6. The number of piperidine rings is 1. The number of aromatic nitrogens is 2. The summed E-state index contributed by atoms with van der Waals surface area (Å²) in [5, 5.41) is 0. The van der Waals surface area contributed by atoms with Gasteiger partial charge in [0.2, 0.25) is 5.95 Å². The summed E-state index contributed by atoms with van der Waals surface area (Å²) in [5.74, 6) is 1.49. The van der Waals surface area contributed by atoms with Crippen LogP contribution in [0.3, 0.4) is 0 Å². The van der Waals surface area contributed by atoms with E-state index in [1.165, 1.54) is 58.0 Å². The zero-order valence-corrected chi connectivity index (χ0v) is 19.8. The van der Waals surface area contributed by atoms with Crippen molar-refractivity contribution in [1.82, 2.24) is 19.8 Å². The molecule has 1 saturated carbocycles. The quantitative estimate of drug-likeness (QED) is 0.379. The van der Waals surface area contributed by atoms with Crippen molar-refractivity contribution in [1.29, 1.82) is 0 Å². The van der Waals surface area contributed by atoms with Gasteiger partial charge in [0.15, 0.2) is 5.96 Å². The number of piperazine rings is 1. The molecule has 0 bridgehead atoms. The lowest BCUT2D eigenvalue weighted by Crippen LogP contribution is -2.51. The molecule has 1 spiro atoms. The first-order valence-corrected chi connectivity index (χ1v) is 11.0. The van der Waals surface area contributed by atoms with Crippen LogP contribution in [0.15, 0.2) is 23.5 Å². The standard InChI is InChI=1S/C21H35N7.HI/c22-19(27-15-17-28(18-16-27)20-24-9-4-10-25-20)23-11-14-26-12-7-21(8-13-26)5-2-1-3-6-21;/h4,9-10H,1-3,5-8,11-18H2,(H2,22,23);1H. The van der Waals surface area contributed by atoms with Crippen molar-refractivity contribution in [2.75, 3.05) is 57.3 Å². The van der Waals surface area contributed by atoms with Crippen LogP contribution < -0.4 is 10.6 Å². The number of guanidine groups is 1. The van der Waals surface area contributed by atoms with E-state index in [4.69, 9.17) is 5.73 Å². The first-order valence-electron chi connectivity index (χ1n) is 11.0. The van der Waals surface area contributed by atoms with Gasteiger partial charge in [-0.1, -0.05) is 19.3 Å². The van der Waals surface area contributed by atoms with E-state index < -0.39 is 0 Å². The molecule has 29 heavy (non-hydrogen) atoms. The molecular formula is C21H36IN7. The highest BCUT2D eigenvalue weighted by molar-refractivity contribution is 14.0. The van der Waals surface area contributed by atoms with Gasteiger partial charge >= 0.3 is 0 Å². The van der Waals surface area contributed by atoms with Crippen LogP contribution in [0.25, 0.3) is 0 Å². The van der Waals surface area contributed by atoms with E-state index in [2.05, 4.69) is 29.7 Å². The second-order valence-electron chi connectivity index (χ2n) is 8.67. The molecule has 0 radical (unpaired) electrons. The molecule has 4 rings (SSSR count). The fourth-order valence-electron chi connectivity index (χ4n) is 5.05. The Bertz CT molecular complexity index is 630. The summed E-state index contributed by atoms with van der Waals surface area (Å²) in [6.45, 7) is 7.84. The summed E-state index contributed by atoms with van der Waals surface area (Å²) in [6, 6.07) is 1.85. The normalized spacial score (nSPS) is 23.1. The molecule has 3 fully saturated rings. The molecule has 0 aromatic carbocycles. The number of nitrogens with two attached hydrogens (primary N) is 1. The van der Waals surface area contributed by atoms with Crippen LogP contribution in [0.5, 0.6) is 0 Å². The smallest absolute Gasteiger partial charge is 0.225 e. The van der Waals surface area contributed by atoms with Gasteiger partial charge in [0.1, 0.15) is 0 Å². The molecule has 0 amide bonds. The van der Waals surface area contributed by atoms with E-state index in [1.807, 2.05) is 6.07 Å². The fraction of sp³-hybridized carbons (Fsp3) is 0.762. The van der Waals surface area contributed by atoms with Gasteiger partial charge in [0, 0.05) is 45.1 Å². The molecular weight excluding hydrogens is 477 g/mol. The highest BCUT2D eigenvalue weighted by Crippen LogP contribution is 2.44. The van der Waals surface area contributed by atoms with E-state index in [9.17, 15) is 0 Å². The van der Waals surface area contributed by atoms with Crippen LogP contribution in [0.2, 0.25) is 0 Å². The van der Waals surface area contributed by atoms with Gasteiger partial charge in [-0.15, -0.1) is 24.0 Å². The average Bonchev–Trinajstić information content (AvgIpc) is 2.76. The topological polar surface area (TPSA) is 73.9 Å². The maximum atomic E-state index is 6.27. The maximum Gasteiger partial charge on any atom is 0.225 e. The Hall–Kier alpha value is -1.16. The number of anilines is 1. The summed E-state index contributed by atoms with van der Waals surface area (Å²) < 4.78 is 0. The van der Waals surface area contributed by atoms with E-state index in [1.54, 1.807) is 12.4 Å². The minimum absolute atomic E-state index is 0. The van der Waals surface area contributed by atoms with Crippen LogP contribution in [0, 0.1) is 5.41 Å². The first-order chi connectivity index (χ1) is 13.7. The molecule has 7 nitrogen and oxygen atoms in total. The van der Waals surface area contributed by atoms with Crippen molar-refractivity contribution in [3.63, 3.8) is 0 Å². The summed E-state index contributed by atoms with van der Waals surface area (Å²) >= 11 is 0. The Balaban J connectivity index is 0.00000240. The predicted molar refractivity (Wildman–Crippen MR) is 129 cm³/mol. The number of likely N-dealkylation sites (tertiary alicyclic amines) is 1.